The SMILES string of the molecule is COc1ccc(C#N)cc1-c1cc(C(F)(F)F)ncc1C(=O)O. The Kier molecular flexibility index (Phi) is 4.22. The number of rotatable bonds is 3. The number of alkyl halides is 3. The first-order chi connectivity index (χ1) is 10.8. The van der Waals surface area contributed by atoms with E-state index in [0.717, 1.165) is 0 Å². The average Bonchev–Trinajstić information content (AvgIpc) is 2.52. The van der Waals surface area contributed by atoms with Crippen LogP contribution in [-0.2, 0) is 6.18 Å². The highest BCUT2D eigenvalue weighted by Crippen LogP contribution is 2.36. The van der Waals surface area contributed by atoms with Crippen molar-refractivity contribution in [2.24, 2.45) is 0 Å². The lowest BCUT2D eigenvalue weighted by molar-refractivity contribution is -0.141. The molecule has 1 N–H and O–H groups in total. The molecule has 0 fully saturated rings. The Bertz CT molecular complexity index is 811. The summed E-state index contributed by atoms with van der Waals surface area (Å²) in [5.41, 5.74) is -1.67. The van der Waals surface area contributed by atoms with E-state index in [1.807, 2.05) is 6.07 Å². The van der Waals surface area contributed by atoms with Crippen molar-refractivity contribution in [1.82, 2.24) is 4.98 Å². The van der Waals surface area contributed by atoms with Crippen LogP contribution < -0.4 is 4.74 Å². The number of nitriles is 1. The van der Waals surface area contributed by atoms with Gasteiger partial charge in [-0.15, -0.1) is 0 Å². The topological polar surface area (TPSA) is 83.2 Å². The number of benzene rings is 1. The molecule has 2 rings (SSSR count). The van der Waals surface area contributed by atoms with Crippen LogP contribution in [0.2, 0.25) is 0 Å². The van der Waals surface area contributed by atoms with Gasteiger partial charge in [0.2, 0.25) is 0 Å². The Morgan fingerprint density at radius 1 is 1.30 bits per heavy atom. The highest BCUT2D eigenvalue weighted by Gasteiger charge is 2.34. The Labute approximate surface area is 128 Å². The molecule has 0 amide bonds. The molecular formula is C15H9F3N2O3. The van der Waals surface area contributed by atoms with Crippen LogP contribution in [0.25, 0.3) is 11.1 Å². The van der Waals surface area contributed by atoms with Gasteiger partial charge in [0.25, 0.3) is 0 Å². The van der Waals surface area contributed by atoms with Crippen LogP contribution in [0.5, 0.6) is 5.75 Å². The lowest BCUT2D eigenvalue weighted by atomic mass is 9.98. The number of carboxylic acids is 1. The minimum Gasteiger partial charge on any atom is -0.496 e. The summed E-state index contributed by atoms with van der Waals surface area (Å²) in [6.07, 6.45) is -4.09. The molecule has 2 aromatic rings. The Hall–Kier alpha value is -3.08. The molecule has 5 nitrogen and oxygen atoms in total. The molecule has 0 unspecified atom stereocenters. The van der Waals surface area contributed by atoms with Crippen molar-refractivity contribution in [1.29, 1.82) is 5.26 Å². The van der Waals surface area contributed by atoms with E-state index in [2.05, 4.69) is 4.98 Å². The second-order valence-corrected chi connectivity index (χ2v) is 4.44. The van der Waals surface area contributed by atoms with E-state index >= 15 is 0 Å². The van der Waals surface area contributed by atoms with E-state index in [1.165, 1.54) is 25.3 Å². The molecule has 23 heavy (non-hydrogen) atoms. The number of carbonyl (C=O) groups is 1. The standard InChI is InChI=1S/C15H9F3N2O3/c1-23-12-3-2-8(6-19)4-10(12)9-5-13(15(16,17)18)20-7-11(9)14(21)22/h2-5,7H,1H3,(H,21,22). The molecule has 0 saturated heterocycles. The number of aromatic carboxylic acids is 1. The number of methoxy groups -OCH3 is 1. The quantitative estimate of drug-likeness (QED) is 0.937. The third-order valence-corrected chi connectivity index (χ3v) is 3.04. The minimum atomic E-state index is -4.73. The molecule has 0 radical (unpaired) electrons. The van der Waals surface area contributed by atoms with Gasteiger partial charge in [-0.2, -0.15) is 18.4 Å². The smallest absolute Gasteiger partial charge is 0.433 e. The number of ether oxygens (including phenoxy) is 1. The fourth-order valence-corrected chi connectivity index (χ4v) is 1.99. The first-order valence-corrected chi connectivity index (χ1v) is 6.17. The molecule has 1 aromatic heterocycles. The van der Waals surface area contributed by atoms with E-state index < -0.39 is 23.4 Å². The average molecular weight is 322 g/mol. The van der Waals surface area contributed by atoms with E-state index in [1.54, 1.807) is 0 Å². The normalized spacial score (nSPS) is 10.9. The van der Waals surface area contributed by atoms with E-state index in [9.17, 15) is 23.1 Å². The van der Waals surface area contributed by atoms with Gasteiger partial charge in [0.15, 0.2) is 0 Å². The van der Waals surface area contributed by atoms with Crippen LogP contribution in [0.3, 0.4) is 0 Å². The van der Waals surface area contributed by atoms with Crippen molar-refractivity contribution in [3.63, 3.8) is 0 Å². The van der Waals surface area contributed by atoms with Gasteiger partial charge < -0.3 is 9.84 Å². The van der Waals surface area contributed by atoms with Crippen LogP contribution in [0.4, 0.5) is 13.2 Å². The van der Waals surface area contributed by atoms with Crippen molar-refractivity contribution in [2.45, 2.75) is 6.18 Å². The molecule has 0 atom stereocenters. The number of hydrogen-bond donors (Lipinski definition) is 1. The van der Waals surface area contributed by atoms with Gasteiger partial charge in [-0.1, -0.05) is 0 Å². The number of hydrogen-bond acceptors (Lipinski definition) is 4. The van der Waals surface area contributed by atoms with E-state index in [0.29, 0.717) is 12.3 Å². The first kappa shape index (κ1) is 16.3. The summed E-state index contributed by atoms with van der Waals surface area (Å²) in [5, 5.41) is 18.1. The second kappa shape index (κ2) is 5.96. The fourth-order valence-electron chi connectivity index (χ4n) is 1.99. The number of pyridine rings is 1. The Morgan fingerprint density at radius 3 is 2.52 bits per heavy atom. The summed E-state index contributed by atoms with van der Waals surface area (Å²) in [6, 6.07) is 6.53. The van der Waals surface area contributed by atoms with Gasteiger partial charge in [0.1, 0.15) is 11.4 Å². The Balaban J connectivity index is 2.80. The zero-order valence-electron chi connectivity index (χ0n) is 11.7. The number of nitrogens with zero attached hydrogens (tertiary/aromatic N) is 2. The molecule has 8 heteroatoms. The molecule has 1 aromatic carbocycles. The van der Waals surface area contributed by atoms with Crippen molar-refractivity contribution in [3.8, 4) is 22.9 Å². The summed E-state index contributed by atoms with van der Waals surface area (Å²) in [4.78, 5) is 14.4. The minimum absolute atomic E-state index is 0.0665. The molecule has 0 aliphatic heterocycles. The zero-order chi connectivity index (χ0) is 17.2. The van der Waals surface area contributed by atoms with Gasteiger partial charge >= 0.3 is 12.1 Å². The molecule has 0 bridgehead atoms. The summed E-state index contributed by atoms with van der Waals surface area (Å²) >= 11 is 0. The van der Waals surface area contributed by atoms with Crippen molar-refractivity contribution in [3.05, 3.63) is 47.3 Å². The Morgan fingerprint density at radius 2 is 2.00 bits per heavy atom. The number of carboxylic acid groups (broad SMARTS) is 1. The lowest BCUT2D eigenvalue weighted by Gasteiger charge is -2.13. The molecular weight excluding hydrogens is 313 g/mol. The molecule has 0 aliphatic rings. The van der Waals surface area contributed by atoms with Crippen molar-refractivity contribution < 1.29 is 27.8 Å². The molecule has 1 heterocycles. The van der Waals surface area contributed by atoms with E-state index in [-0.39, 0.29) is 22.4 Å². The van der Waals surface area contributed by atoms with Gasteiger partial charge in [0, 0.05) is 17.3 Å². The maximum Gasteiger partial charge on any atom is 0.433 e. The first-order valence-electron chi connectivity index (χ1n) is 6.17. The number of aromatic nitrogens is 1. The molecule has 118 valence electrons. The fraction of sp³-hybridized carbons (Fsp3) is 0.133. The summed E-state index contributed by atoms with van der Waals surface area (Å²) in [7, 11) is 1.29. The largest absolute Gasteiger partial charge is 0.496 e. The molecule has 0 aliphatic carbocycles. The zero-order valence-corrected chi connectivity index (χ0v) is 11.7. The predicted molar refractivity (Wildman–Crippen MR) is 72.9 cm³/mol. The van der Waals surface area contributed by atoms with Gasteiger partial charge in [-0.25, -0.2) is 4.79 Å². The second-order valence-electron chi connectivity index (χ2n) is 4.44. The molecule has 0 saturated carbocycles. The van der Waals surface area contributed by atoms with Crippen molar-refractivity contribution >= 4 is 5.97 Å². The third kappa shape index (κ3) is 3.23. The van der Waals surface area contributed by atoms with Crippen LogP contribution in [-0.4, -0.2) is 23.2 Å². The maximum atomic E-state index is 12.9. The van der Waals surface area contributed by atoms with Gasteiger partial charge in [-0.05, 0) is 24.3 Å². The van der Waals surface area contributed by atoms with Crippen LogP contribution in [0, 0.1) is 11.3 Å². The third-order valence-electron chi connectivity index (χ3n) is 3.04. The van der Waals surface area contributed by atoms with Gasteiger partial charge in [-0.3, -0.25) is 4.98 Å². The molecule has 0 spiro atoms. The van der Waals surface area contributed by atoms with Crippen LogP contribution >= 0.6 is 0 Å². The summed E-state index contributed by atoms with van der Waals surface area (Å²) in [5.74, 6) is -1.29. The highest BCUT2D eigenvalue weighted by atomic mass is 19.4. The number of halogens is 3. The van der Waals surface area contributed by atoms with E-state index in [4.69, 9.17) is 10.00 Å². The van der Waals surface area contributed by atoms with Crippen molar-refractivity contribution in [2.75, 3.05) is 7.11 Å². The van der Waals surface area contributed by atoms with Crippen LogP contribution in [0.1, 0.15) is 21.6 Å². The highest BCUT2D eigenvalue weighted by molar-refractivity contribution is 5.96. The summed E-state index contributed by atoms with van der Waals surface area (Å²) in [6.45, 7) is 0. The van der Waals surface area contributed by atoms with Crippen LogP contribution in [0.15, 0.2) is 30.5 Å². The van der Waals surface area contributed by atoms with Gasteiger partial charge in [0.05, 0.1) is 24.3 Å². The monoisotopic (exact) mass is 322 g/mol. The summed E-state index contributed by atoms with van der Waals surface area (Å²) < 4.78 is 43.6. The lowest BCUT2D eigenvalue weighted by Crippen LogP contribution is -2.11. The maximum absolute atomic E-state index is 12.9. The predicted octanol–water partition coefficient (Wildman–Crippen LogP) is 3.35.